The van der Waals surface area contributed by atoms with E-state index in [1.54, 1.807) is 26.3 Å². The van der Waals surface area contributed by atoms with Gasteiger partial charge in [0.1, 0.15) is 11.6 Å². The monoisotopic (exact) mass is 478 g/mol. The van der Waals surface area contributed by atoms with Gasteiger partial charge in [-0.15, -0.1) is 11.8 Å². The number of thioether (sulfide) groups is 1. The van der Waals surface area contributed by atoms with Gasteiger partial charge >= 0.3 is 6.03 Å². The summed E-state index contributed by atoms with van der Waals surface area (Å²) in [7, 11) is 4.74. The predicted octanol–water partition coefficient (Wildman–Crippen LogP) is 3.40. The second kappa shape index (κ2) is 9.27. The molecule has 2 saturated heterocycles. The van der Waals surface area contributed by atoms with Gasteiger partial charge in [0.25, 0.3) is 0 Å². The Labute approximate surface area is 195 Å². The van der Waals surface area contributed by atoms with Crippen molar-refractivity contribution in [1.29, 1.82) is 0 Å². The Balaban J connectivity index is 1.64. The molecule has 2 fully saturated rings. The van der Waals surface area contributed by atoms with Gasteiger partial charge in [0.2, 0.25) is 5.91 Å². The number of ether oxygens (including phenoxy) is 1. The fraction of sp³-hybridized carbons (Fsp3) is 0.364. The summed E-state index contributed by atoms with van der Waals surface area (Å²) in [6, 6.07) is 11.7. The molecule has 4 rings (SSSR count). The van der Waals surface area contributed by atoms with Crippen LogP contribution >= 0.6 is 23.4 Å². The Kier molecular flexibility index (Phi) is 6.62. The second-order valence-electron chi connectivity index (χ2n) is 7.73. The van der Waals surface area contributed by atoms with Gasteiger partial charge in [-0.1, -0.05) is 29.8 Å². The van der Waals surface area contributed by atoms with Crippen LogP contribution in [0.3, 0.4) is 0 Å². The fourth-order valence-corrected chi connectivity index (χ4v) is 5.68. The lowest BCUT2D eigenvalue weighted by Gasteiger charge is -2.50. The van der Waals surface area contributed by atoms with E-state index in [2.05, 4.69) is 10.6 Å². The molecule has 4 unspecified atom stereocenters. The van der Waals surface area contributed by atoms with Crippen LogP contribution in [-0.2, 0) is 10.5 Å². The lowest BCUT2D eigenvalue weighted by molar-refractivity contribution is -0.140. The summed E-state index contributed by atoms with van der Waals surface area (Å²) in [4.78, 5) is 28.3. The summed E-state index contributed by atoms with van der Waals surface area (Å²) >= 11 is 7.60. The molecule has 10 heteroatoms. The molecule has 0 spiro atoms. The zero-order chi connectivity index (χ0) is 23.0. The maximum atomic E-state index is 14.3. The molecule has 0 aromatic heterocycles. The van der Waals surface area contributed by atoms with Crippen molar-refractivity contribution in [3.8, 4) is 5.75 Å². The summed E-state index contributed by atoms with van der Waals surface area (Å²) in [5, 5.41) is 6.79. The summed E-state index contributed by atoms with van der Waals surface area (Å²) in [5.41, 5.74) is 1.31. The summed E-state index contributed by atoms with van der Waals surface area (Å²) in [6.45, 7) is 0. The predicted molar refractivity (Wildman–Crippen MR) is 122 cm³/mol. The first-order chi connectivity index (χ1) is 15.3. The molecule has 7 nitrogen and oxygen atoms in total. The van der Waals surface area contributed by atoms with Gasteiger partial charge in [0.05, 0.1) is 30.7 Å². The van der Waals surface area contributed by atoms with E-state index >= 15 is 0 Å². The Morgan fingerprint density at radius 1 is 1.12 bits per heavy atom. The highest BCUT2D eigenvalue weighted by atomic mass is 35.5. The van der Waals surface area contributed by atoms with Crippen molar-refractivity contribution in [1.82, 2.24) is 20.4 Å². The average molecular weight is 479 g/mol. The van der Waals surface area contributed by atoms with Crippen molar-refractivity contribution in [2.24, 2.45) is 5.92 Å². The number of methoxy groups -OCH3 is 1. The van der Waals surface area contributed by atoms with Crippen molar-refractivity contribution in [2.75, 3.05) is 21.2 Å². The van der Waals surface area contributed by atoms with Crippen molar-refractivity contribution < 1.29 is 18.7 Å². The fourth-order valence-electron chi connectivity index (χ4n) is 4.03. The van der Waals surface area contributed by atoms with E-state index in [0.717, 1.165) is 16.2 Å². The third kappa shape index (κ3) is 4.17. The van der Waals surface area contributed by atoms with Crippen LogP contribution in [0.15, 0.2) is 42.5 Å². The van der Waals surface area contributed by atoms with Crippen LogP contribution < -0.4 is 15.4 Å². The minimum atomic E-state index is -0.562. The van der Waals surface area contributed by atoms with Gasteiger partial charge in [0, 0.05) is 30.4 Å². The van der Waals surface area contributed by atoms with Crippen molar-refractivity contribution in [3.05, 3.63) is 64.4 Å². The van der Waals surface area contributed by atoms with E-state index in [-0.39, 0.29) is 29.7 Å². The molecule has 170 valence electrons. The molecule has 4 atom stereocenters. The van der Waals surface area contributed by atoms with E-state index in [4.69, 9.17) is 16.3 Å². The SMILES string of the molecule is COc1ccc(C2NC(SCc3c(F)cccc3Cl)C3C(=O)N(C)C(=O)N(C)C3N2)cc1. The van der Waals surface area contributed by atoms with Crippen molar-refractivity contribution >= 4 is 35.3 Å². The number of nitrogens with zero attached hydrogens (tertiary/aromatic N) is 2. The number of urea groups is 1. The Hall–Kier alpha value is -2.33. The number of rotatable bonds is 5. The van der Waals surface area contributed by atoms with E-state index in [0.29, 0.717) is 10.6 Å². The maximum Gasteiger partial charge on any atom is 0.327 e. The van der Waals surface area contributed by atoms with Crippen LogP contribution in [0.25, 0.3) is 0 Å². The molecule has 0 bridgehead atoms. The van der Waals surface area contributed by atoms with Crippen LogP contribution in [0.4, 0.5) is 9.18 Å². The van der Waals surface area contributed by atoms with E-state index < -0.39 is 17.5 Å². The van der Waals surface area contributed by atoms with Crippen LogP contribution in [0.1, 0.15) is 17.3 Å². The highest BCUT2D eigenvalue weighted by Crippen LogP contribution is 2.37. The number of carbonyl (C=O) groups excluding carboxylic acids is 2. The third-order valence-corrected chi connectivity index (χ3v) is 7.47. The molecule has 2 heterocycles. The number of fused-ring (bicyclic) bond motifs is 1. The Morgan fingerprint density at radius 2 is 1.84 bits per heavy atom. The van der Waals surface area contributed by atoms with Gasteiger partial charge in [-0.25, -0.2) is 9.18 Å². The highest BCUT2D eigenvalue weighted by molar-refractivity contribution is 7.99. The molecule has 3 amide bonds. The van der Waals surface area contributed by atoms with Gasteiger partial charge in [-0.2, -0.15) is 0 Å². The molecule has 2 N–H and O–H groups in total. The normalized spacial score (nSPS) is 25.7. The number of carbonyl (C=O) groups is 2. The standard InChI is InChI=1S/C22H24ClFN4O3S/c1-27-19-17(21(29)28(2)22(27)30)20(32-11-14-15(23)5-4-6-16(14)24)26-18(25-19)12-7-9-13(31-3)10-8-12/h4-10,17-20,25-26H,11H2,1-3H3. The number of halogens is 2. The molecule has 2 aromatic carbocycles. The lowest BCUT2D eigenvalue weighted by atomic mass is 9.96. The lowest BCUT2D eigenvalue weighted by Crippen LogP contribution is -2.72. The van der Waals surface area contributed by atoms with Gasteiger partial charge in [0.15, 0.2) is 0 Å². The van der Waals surface area contributed by atoms with Crippen LogP contribution in [0.2, 0.25) is 5.02 Å². The smallest absolute Gasteiger partial charge is 0.327 e. The first-order valence-corrected chi connectivity index (χ1v) is 11.5. The number of imide groups is 1. The minimum Gasteiger partial charge on any atom is -0.497 e. The summed E-state index contributed by atoms with van der Waals surface area (Å²) in [6.07, 6.45) is -0.852. The number of nitrogens with one attached hydrogen (secondary N) is 2. The second-order valence-corrected chi connectivity index (χ2v) is 9.27. The Morgan fingerprint density at radius 3 is 2.50 bits per heavy atom. The molecular formula is C22H24ClFN4O3S. The number of benzene rings is 2. The summed E-state index contributed by atoms with van der Waals surface area (Å²) in [5.74, 6) is -0.238. The average Bonchev–Trinajstić information content (AvgIpc) is 2.80. The molecule has 2 aliphatic rings. The highest BCUT2D eigenvalue weighted by Gasteiger charge is 2.51. The molecule has 2 aliphatic heterocycles. The number of amides is 3. The molecule has 2 aromatic rings. The van der Waals surface area contributed by atoms with E-state index in [9.17, 15) is 14.0 Å². The van der Waals surface area contributed by atoms with Gasteiger partial charge in [-0.3, -0.25) is 20.3 Å². The Bertz CT molecular complexity index is 1000. The first kappa shape index (κ1) is 22.8. The molecule has 0 aliphatic carbocycles. The van der Waals surface area contributed by atoms with Crippen molar-refractivity contribution in [3.63, 3.8) is 0 Å². The zero-order valence-electron chi connectivity index (χ0n) is 17.8. The number of hydrogen-bond donors (Lipinski definition) is 2. The van der Waals surface area contributed by atoms with Crippen LogP contribution in [-0.4, -0.2) is 54.5 Å². The van der Waals surface area contributed by atoms with E-state index in [1.807, 2.05) is 24.3 Å². The molecule has 0 saturated carbocycles. The largest absolute Gasteiger partial charge is 0.497 e. The van der Waals surface area contributed by atoms with Gasteiger partial charge in [-0.05, 0) is 29.8 Å². The van der Waals surface area contributed by atoms with Crippen LogP contribution in [0, 0.1) is 11.7 Å². The third-order valence-electron chi connectivity index (χ3n) is 5.87. The summed E-state index contributed by atoms with van der Waals surface area (Å²) < 4.78 is 19.6. The van der Waals surface area contributed by atoms with Gasteiger partial charge < -0.3 is 9.64 Å². The molecule has 32 heavy (non-hydrogen) atoms. The zero-order valence-corrected chi connectivity index (χ0v) is 19.4. The van der Waals surface area contributed by atoms with Crippen molar-refractivity contribution in [2.45, 2.75) is 23.5 Å². The molecule has 0 radical (unpaired) electrons. The topological polar surface area (TPSA) is 73.9 Å². The first-order valence-electron chi connectivity index (χ1n) is 10.1. The number of hydrogen-bond acceptors (Lipinski definition) is 6. The maximum absolute atomic E-state index is 14.3. The van der Waals surface area contributed by atoms with Crippen LogP contribution in [0.5, 0.6) is 5.75 Å². The molecular weight excluding hydrogens is 455 g/mol. The van der Waals surface area contributed by atoms with E-state index in [1.165, 1.54) is 29.8 Å². The minimum absolute atomic E-state index is 0.274. The quantitative estimate of drug-likeness (QED) is 0.686.